The normalized spacial score (nSPS) is 12.0. The fraction of sp³-hybridized carbons (Fsp3) is 0.500. The Morgan fingerprint density at radius 3 is 2.44 bits per heavy atom. The van der Waals surface area contributed by atoms with E-state index in [0.29, 0.717) is 11.4 Å². The number of carbonyl (C=O) groups excluding carboxylic acids is 2. The third kappa shape index (κ3) is 8.93. The summed E-state index contributed by atoms with van der Waals surface area (Å²) in [5.41, 5.74) is 7.03. The monoisotopic (exact) mass is 411 g/mol. The lowest BCUT2D eigenvalue weighted by molar-refractivity contribution is -0.146. The number of amides is 1. The van der Waals surface area contributed by atoms with Crippen molar-refractivity contribution in [2.24, 2.45) is 0 Å². The van der Waals surface area contributed by atoms with Crippen LogP contribution in [-0.4, -0.2) is 47.2 Å². The van der Waals surface area contributed by atoms with Crippen LogP contribution in [0, 0.1) is 11.3 Å². The number of nitrogens with two attached hydrogens (primary N) is 1. The number of nitrogen functional groups attached to an aromatic ring is 1. The Balaban J connectivity index is 2.69. The predicted octanol–water partition coefficient (Wildman–Crippen LogP) is 3.45. The molecule has 9 heteroatoms. The maximum Gasteiger partial charge on any atom is 0.410 e. The third-order valence-electron chi connectivity index (χ3n) is 3.18. The molecule has 0 aromatic heterocycles. The zero-order valence-corrected chi connectivity index (χ0v) is 17.6. The lowest BCUT2D eigenvalue weighted by Crippen LogP contribution is -2.45. The fourth-order valence-corrected chi connectivity index (χ4v) is 4.36. The van der Waals surface area contributed by atoms with Gasteiger partial charge in [0.15, 0.2) is 6.61 Å². The number of anilines is 1. The van der Waals surface area contributed by atoms with Crippen molar-refractivity contribution in [1.29, 1.82) is 5.26 Å². The number of hydrogen-bond acceptors (Lipinski definition) is 8. The first-order chi connectivity index (χ1) is 12.6. The Kier molecular flexibility index (Phi) is 9.32. The van der Waals surface area contributed by atoms with Gasteiger partial charge in [-0.15, -0.1) is 0 Å². The fourth-order valence-electron chi connectivity index (χ4n) is 1.80. The number of carbonyl (C=O) groups is 2. The molecule has 2 N–H and O–H groups in total. The molecule has 1 atom stereocenters. The zero-order valence-electron chi connectivity index (χ0n) is 15.9. The van der Waals surface area contributed by atoms with Gasteiger partial charge in [0.2, 0.25) is 0 Å². The van der Waals surface area contributed by atoms with E-state index in [0.717, 1.165) is 5.56 Å². The molecule has 0 aliphatic rings. The molecule has 1 aromatic rings. The van der Waals surface area contributed by atoms with Gasteiger partial charge in [-0.05, 0) is 17.7 Å². The van der Waals surface area contributed by atoms with Crippen molar-refractivity contribution >= 4 is 39.3 Å². The maximum atomic E-state index is 12.4. The second-order valence-corrected chi connectivity index (χ2v) is 9.84. The summed E-state index contributed by atoms with van der Waals surface area (Å²) >= 11 is 0. The summed E-state index contributed by atoms with van der Waals surface area (Å²) in [6.45, 7) is 5.86. The van der Waals surface area contributed by atoms with Gasteiger partial charge in [0.25, 0.3) is 0 Å². The van der Waals surface area contributed by atoms with Crippen LogP contribution in [0.3, 0.4) is 0 Å². The Morgan fingerprint density at radius 1 is 1.26 bits per heavy atom. The lowest BCUT2D eigenvalue weighted by Gasteiger charge is -2.26. The van der Waals surface area contributed by atoms with Crippen molar-refractivity contribution in [2.75, 3.05) is 25.1 Å². The van der Waals surface area contributed by atoms with E-state index < -0.39 is 18.1 Å². The standard InChI is InChI=1S/C18H25N3O4S2/c1-18(2,3)27-26-12-15(16(22)24-10-9-19)21(4)17(23)25-11-13-5-7-14(20)8-6-13/h5-8,15H,10-12,20H2,1-4H3/t15-/m1/s1. The van der Waals surface area contributed by atoms with Crippen molar-refractivity contribution in [3.05, 3.63) is 29.8 Å². The Morgan fingerprint density at radius 2 is 1.89 bits per heavy atom. The van der Waals surface area contributed by atoms with Crippen LogP contribution in [0.1, 0.15) is 26.3 Å². The molecule has 0 unspecified atom stereocenters. The van der Waals surface area contributed by atoms with E-state index in [9.17, 15) is 9.59 Å². The minimum Gasteiger partial charge on any atom is -0.449 e. The highest BCUT2D eigenvalue weighted by atomic mass is 33.1. The van der Waals surface area contributed by atoms with Gasteiger partial charge in [0.1, 0.15) is 18.7 Å². The summed E-state index contributed by atoms with van der Waals surface area (Å²) in [5, 5.41) is 8.61. The van der Waals surface area contributed by atoms with Crippen LogP contribution in [-0.2, 0) is 20.9 Å². The molecule has 0 aliphatic heterocycles. The molecule has 7 nitrogen and oxygen atoms in total. The third-order valence-corrected chi connectivity index (χ3v) is 6.51. The average Bonchev–Trinajstić information content (AvgIpc) is 2.61. The summed E-state index contributed by atoms with van der Waals surface area (Å²) in [5.74, 6) is -0.315. The molecular weight excluding hydrogens is 386 g/mol. The summed E-state index contributed by atoms with van der Waals surface area (Å²) in [4.78, 5) is 25.8. The van der Waals surface area contributed by atoms with Gasteiger partial charge in [-0.3, -0.25) is 4.90 Å². The van der Waals surface area contributed by atoms with Crippen LogP contribution in [0.15, 0.2) is 24.3 Å². The van der Waals surface area contributed by atoms with Gasteiger partial charge in [0.05, 0.1) is 0 Å². The lowest BCUT2D eigenvalue weighted by atomic mass is 10.2. The van der Waals surface area contributed by atoms with Gasteiger partial charge in [-0.1, -0.05) is 54.5 Å². The van der Waals surface area contributed by atoms with E-state index >= 15 is 0 Å². The van der Waals surface area contributed by atoms with Crippen LogP contribution in [0.5, 0.6) is 0 Å². The number of esters is 1. The summed E-state index contributed by atoms with van der Waals surface area (Å²) in [6.07, 6.45) is -0.646. The predicted molar refractivity (Wildman–Crippen MR) is 109 cm³/mol. The van der Waals surface area contributed by atoms with Crippen molar-refractivity contribution in [1.82, 2.24) is 4.90 Å². The van der Waals surface area contributed by atoms with Gasteiger partial charge >= 0.3 is 12.1 Å². The largest absolute Gasteiger partial charge is 0.449 e. The minimum absolute atomic E-state index is 0.0000104. The maximum absolute atomic E-state index is 12.4. The molecule has 0 radical (unpaired) electrons. The first-order valence-electron chi connectivity index (χ1n) is 8.22. The first kappa shape index (κ1) is 23.0. The molecule has 0 heterocycles. The van der Waals surface area contributed by atoms with Gasteiger partial charge in [-0.25, -0.2) is 9.59 Å². The van der Waals surface area contributed by atoms with Crippen LogP contribution >= 0.6 is 21.6 Å². The van der Waals surface area contributed by atoms with Crippen LogP contribution in [0.25, 0.3) is 0 Å². The van der Waals surface area contributed by atoms with E-state index in [1.54, 1.807) is 41.1 Å². The molecule has 0 saturated heterocycles. The molecule has 0 spiro atoms. The molecule has 0 bridgehead atoms. The van der Waals surface area contributed by atoms with E-state index in [4.69, 9.17) is 20.5 Å². The second kappa shape index (κ2) is 10.9. The quantitative estimate of drug-likeness (QED) is 0.394. The number of hydrogen-bond donors (Lipinski definition) is 1. The van der Waals surface area contributed by atoms with E-state index in [1.807, 2.05) is 0 Å². The molecule has 0 fully saturated rings. The minimum atomic E-state index is -0.850. The molecule has 0 aliphatic carbocycles. The number of nitrogens with zero attached hydrogens (tertiary/aromatic N) is 2. The van der Waals surface area contributed by atoms with Crippen molar-refractivity contribution in [3.63, 3.8) is 0 Å². The Labute approximate surface area is 167 Å². The van der Waals surface area contributed by atoms with E-state index in [2.05, 4.69) is 20.8 Å². The Bertz CT molecular complexity index is 669. The number of rotatable bonds is 8. The van der Waals surface area contributed by atoms with Crippen molar-refractivity contribution < 1.29 is 19.1 Å². The number of benzene rings is 1. The summed E-state index contributed by atoms with van der Waals surface area (Å²) in [7, 11) is 4.54. The van der Waals surface area contributed by atoms with E-state index in [1.165, 1.54) is 22.7 Å². The van der Waals surface area contributed by atoms with Crippen LogP contribution in [0.2, 0.25) is 0 Å². The SMILES string of the molecule is CN(C(=O)OCc1ccc(N)cc1)[C@H](CSSC(C)(C)C)C(=O)OCC#N. The number of ether oxygens (including phenoxy) is 2. The Hall–Kier alpha value is -2.05. The highest BCUT2D eigenvalue weighted by molar-refractivity contribution is 8.77. The van der Waals surface area contributed by atoms with Crippen LogP contribution in [0.4, 0.5) is 10.5 Å². The molecule has 1 rings (SSSR count). The highest BCUT2D eigenvalue weighted by Gasteiger charge is 2.30. The van der Waals surface area contributed by atoms with Gasteiger partial charge in [0, 0.05) is 23.2 Å². The molecule has 1 amide bonds. The molecule has 1 aromatic carbocycles. The summed E-state index contributed by atoms with van der Waals surface area (Å²) < 4.78 is 10.2. The number of likely N-dealkylation sites (N-methyl/N-ethyl adjacent to an activating group) is 1. The summed E-state index contributed by atoms with van der Waals surface area (Å²) in [6, 6.07) is 7.86. The molecule has 0 saturated carbocycles. The zero-order chi connectivity index (χ0) is 20.4. The molecule has 27 heavy (non-hydrogen) atoms. The van der Waals surface area contributed by atoms with Gasteiger partial charge < -0.3 is 15.2 Å². The topological polar surface area (TPSA) is 106 Å². The van der Waals surface area contributed by atoms with E-state index in [-0.39, 0.29) is 18.0 Å². The molecule has 148 valence electrons. The molecular formula is C18H25N3O4S2. The first-order valence-corrected chi connectivity index (χ1v) is 10.5. The second-order valence-electron chi connectivity index (χ2n) is 6.67. The number of nitriles is 1. The smallest absolute Gasteiger partial charge is 0.410 e. The van der Waals surface area contributed by atoms with Gasteiger partial charge in [-0.2, -0.15) is 5.26 Å². The van der Waals surface area contributed by atoms with Crippen LogP contribution < -0.4 is 5.73 Å². The highest BCUT2D eigenvalue weighted by Crippen LogP contribution is 2.35. The van der Waals surface area contributed by atoms with Crippen molar-refractivity contribution in [2.45, 2.75) is 38.2 Å². The average molecular weight is 412 g/mol. The van der Waals surface area contributed by atoms with Crippen molar-refractivity contribution in [3.8, 4) is 6.07 Å².